The number of benzene rings is 2. The summed E-state index contributed by atoms with van der Waals surface area (Å²) in [6.07, 6.45) is 11.7. The Morgan fingerprint density at radius 3 is 2.50 bits per heavy atom. The Balaban J connectivity index is 0.000000207. The largest absolute Gasteiger partial charge is 0.685 e. The first kappa shape index (κ1) is 28.1. The van der Waals surface area contributed by atoms with E-state index < -0.39 is 0 Å². The van der Waals surface area contributed by atoms with Crippen molar-refractivity contribution in [1.82, 2.24) is 9.97 Å². The molecular formula is C33H35IrN3O-2. The second-order valence-electron chi connectivity index (χ2n) is 11.0. The molecule has 0 unspecified atom stereocenters. The molecule has 2 aliphatic carbocycles. The quantitative estimate of drug-likeness (QED) is 0.161. The molecule has 1 fully saturated rings. The Morgan fingerprint density at radius 2 is 1.76 bits per heavy atom. The van der Waals surface area contributed by atoms with E-state index in [-0.39, 0.29) is 31.3 Å². The number of allylic oxidation sites excluding steroid dienone is 2. The van der Waals surface area contributed by atoms with Crippen molar-refractivity contribution in [3.05, 3.63) is 88.6 Å². The number of pyridine rings is 2. The van der Waals surface area contributed by atoms with Gasteiger partial charge in [0.25, 0.3) is 0 Å². The molecule has 0 spiro atoms. The second-order valence-corrected chi connectivity index (χ2v) is 11.0. The van der Waals surface area contributed by atoms with Crippen molar-refractivity contribution in [3.8, 4) is 11.3 Å². The van der Waals surface area contributed by atoms with Gasteiger partial charge in [0.15, 0.2) is 5.78 Å². The number of carbonyl (C=O) groups is 1. The summed E-state index contributed by atoms with van der Waals surface area (Å²) in [6.45, 7) is 10.2. The normalized spacial score (nSPS) is 16.2. The van der Waals surface area contributed by atoms with E-state index in [2.05, 4.69) is 67.5 Å². The maximum absolute atomic E-state index is 10.8. The Hall–Kier alpha value is -2.88. The summed E-state index contributed by atoms with van der Waals surface area (Å²) in [5, 5.41) is 8.16. The fraction of sp³-hybridized carbons (Fsp3) is 0.364. The van der Waals surface area contributed by atoms with E-state index in [1.54, 1.807) is 13.0 Å². The summed E-state index contributed by atoms with van der Waals surface area (Å²) in [5.41, 5.74) is 7.75. The molecule has 0 aliphatic heterocycles. The Morgan fingerprint density at radius 1 is 1.00 bits per heavy atom. The van der Waals surface area contributed by atoms with Crippen LogP contribution in [0.5, 0.6) is 0 Å². The minimum atomic E-state index is -0.0871. The average molecular weight is 682 g/mol. The SMILES string of the molecule is CC(=O)/C=C(/C)[N-]C1CCCCC1.Cc1cc2c3c(nccc3c1)-c1[c-]c3ncccc3cc1C2(C)C.[Ir]. The van der Waals surface area contributed by atoms with Crippen molar-refractivity contribution < 1.29 is 24.9 Å². The molecular weight excluding hydrogens is 647 g/mol. The molecule has 199 valence electrons. The molecule has 1 saturated carbocycles. The van der Waals surface area contributed by atoms with Crippen LogP contribution < -0.4 is 0 Å². The van der Waals surface area contributed by atoms with Gasteiger partial charge in [-0.1, -0.05) is 88.1 Å². The van der Waals surface area contributed by atoms with E-state index in [0.717, 1.165) is 27.9 Å². The van der Waals surface area contributed by atoms with Gasteiger partial charge in [0.05, 0.1) is 0 Å². The van der Waals surface area contributed by atoms with Gasteiger partial charge in [0.2, 0.25) is 0 Å². The Bertz CT molecular complexity index is 1520. The van der Waals surface area contributed by atoms with Crippen molar-refractivity contribution in [1.29, 1.82) is 0 Å². The number of ketones is 1. The Labute approximate surface area is 239 Å². The summed E-state index contributed by atoms with van der Waals surface area (Å²) >= 11 is 0. The van der Waals surface area contributed by atoms with Gasteiger partial charge in [-0.15, -0.1) is 29.3 Å². The minimum absolute atomic E-state index is 0. The number of aryl methyl sites for hydroxylation is 1. The fourth-order valence-corrected chi connectivity index (χ4v) is 5.86. The number of carbonyl (C=O) groups excluding carboxylic acids is 1. The van der Waals surface area contributed by atoms with Crippen molar-refractivity contribution in [2.75, 3.05) is 0 Å². The minimum Gasteiger partial charge on any atom is -0.685 e. The molecule has 38 heavy (non-hydrogen) atoms. The first-order valence-corrected chi connectivity index (χ1v) is 13.4. The molecule has 4 aromatic rings. The zero-order valence-corrected chi connectivity index (χ0v) is 25.3. The maximum Gasteiger partial charge on any atom is 0.151 e. The molecule has 4 nitrogen and oxygen atoms in total. The molecule has 0 bridgehead atoms. The van der Waals surface area contributed by atoms with E-state index in [1.807, 2.05) is 25.4 Å². The number of hydrogen-bond acceptors (Lipinski definition) is 3. The summed E-state index contributed by atoms with van der Waals surface area (Å²) < 4.78 is 0. The molecule has 5 heteroatoms. The van der Waals surface area contributed by atoms with Gasteiger partial charge in [-0.2, -0.15) is 5.70 Å². The zero-order chi connectivity index (χ0) is 26.2. The van der Waals surface area contributed by atoms with Gasteiger partial charge >= 0.3 is 0 Å². The maximum atomic E-state index is 10.8. The molecule has 1 radical (unpaired) electrons. The third-order valence-corrected chi connectivity index (χ3v) is 7.62. The van der Waals surface area contributed by atoms with Crippen LogP contribution in [0, 0.1) is 13.0 Å². The number of fused-ring (bicyclic) bond motifs is 3. The zero-order valence-electron chi connectivity index (χ0n) is 22.9. The third kappa shape index (κ3) is 5.60. The molecule has 0 atom stereocenters. The van der Waals surface area contributed by atoms with Crippen molar-refractivity contribution in [3.63, 3.8) is 0 Å². The van der Waals surface area contributed by atoms with Crippen molar-refractivity contribution in [2.24, 2.45) is 0 Å². The van der Waals surface area contributed by atoms with Crippen LogP contribution >= 0.6 is 0 Å². The van der Waals surface area contributed by atoms with Gasteiger partial charge in [-0.25, -0.2) is 0 Å². The van der Waals surface area contributed by atoms with E-state index in [9.17, 15) is 4.79 Å². The van der Waals surface area contributed by atoms with Crippen LogP contribution in [0.3, 0.4) is 0 Å². The summed E-state index contributed by atoms with van der Waals surface area (Å²) in [4.78, 5) is 20.0. The van der Waals surface area contributed by atoms with Crippen molar-refractivity contribution in [2.45, 2.75) is 78.2 Å². The van der Waals surface area contributed by atoms with Crippen LogP contribution in [0.2, 0.25) is 0 Å². The first-order chi connectivity index (χ1) is 17.7. The number of nitrogens with zero attached hydrogens (tertiary/aromatic N) is 3. The van der Waals surface area contributed by atoms with E-state index in [0.29, 0.717) is 6.04 Å². The third-order valence-electron chi connectivity index (χ3n) is 7.62. The molecule has 0 amide bonds. The van der Waals surface area contributed by atoms with Gasteiger partial charge < -0.3 is 10.3 Å². The molecule has 6 rings (SSSR count). The Kier molecular flexibility index (Phi) is 8.49. The molecule has 2 aliphatic rings. The van der Waals surface area contributed by atoms with Crippen LogP contribution in [0.4, 0.5) is 0 Å². The van der Waals surface area contributed by atoms with Crippen LogP contribution in [0.15, 0.2) is 60.6 Å². The summed E-state index contributed by atoms with van der Waals surface area (Å²) in [6, 6.07) is 17.0. The van der Waals surface area contributed by atoms with E-state index >= 15 is 0 Å². The van der Waals surface area contributed by atoms with Crippen molar-refractivity contribution >= 4 is 27.5 Å². The number of hydrogen-bond donors (Lipinski definition) is 0. The van der Waals surface area contributed by atoms with Crippen LogP contribution in [-0.2, 0) is 30.3 Å². The van der Waals surface area contributed by atoms with Crippen LogP contribution in [0.1, 0.15) is 76.5 Å². The molecule has 0 N–H and O–H groups in total. The predicted molar refractivity (Wildman–Crippen MR) is 153 cm³/mol. The van der Waals surface area contributed by atoms with Gasteiger partial charge in [0, 0.05) is 32.5 Å². The van der Waals surface area contributed by atoms with Gasteiger partial charge in [-0.3, -0.25) is 9.78 Å². The molecule has 2 aromatic heterocycles. The monoisotopic (exact) mass is 682 g/mol. The molecule has 2 aromatic carbocycles. The van der Waals surface area contributed by atoms with Gasteiger partial charge in [-0.05, 0) is 59.0 Å². The summed E-state index contributed by atoms with van der Waals surface area (Å²) in [7, 11) is 0. The van der Waals surface area contributed by atoms with E-state index in [4.69, 9.17) is 4.98 Å². The van der Waals surface area contributed by atoms with E-state index in [1.165, 1.54) is 59.6 Å². The predicted octanol–water partition coefficient (Wildman–Crippen LogP) is 8.38. The number of rotatable bonds is 3. The topological polar surface area (TPSA) is 57.0 Å². The van der Waals surface area contributed by atoms with Crippen LogP contribution in [-0.4, -0.2) is 21.8 Å². The van der Waals surface area contributed by atoms with Crippen LogP contribution in [0.25, 0.3) is 38.2 Å². The number of aromatic nitrogens is 2. The second kappa shape index (κ2) is 11.5. The smallest absolute Gasteiger partial charge is 0.151 e. The van der Waals surface area contributed by atoms with Gasteiger partial charge in [0.1, 0.15) is 0 Å². The molecule has 0 saturated heterocycles. The fourth-order valence-electron chi connectivity index (χ4n) is 5.86. The first-order valence-electron chi connectivity index (χ1n) is 13.4. The molecule has 2 heterocycles. The average Bonchev–Trinajstić information content (AvgIpc) is 2.87. The standard InChI is InChI=1S/C22H17N2.C11H19NO.Ir/c1-13-9-15-6-8-24-21-16-12-19-14(5-4-7-23-19)11-17(16)22(2,3)18(10-13)20(15)21;1-9(8-10(2)13)12-11-6-4-3-5-7-11;/h4-11H,1-3H3;8,11H,3-7H2,1-2H3,(H,12,13);/q-1;;/p-1. The summed E-state index contributed by atoms with van der Waals surface area (Å²) in [5.74, 6) is 0.0945.